The molecule has 1 amide bonds. The van der Waals surface area contributed by atoms with E-state index >= 15 is 0 Å². The van der Waals surface area contributed by atoms with Crippen molar-refractivity contribution in [3.63, 3.8) is 0 Å². The minimum atomic E-state index is 0.0311. The van der Waals surface area contributed by atoms with Crippen LogP contribution >= 0.6 is 0 Å². The molecule has 1 aliphatic heterocycles. The zero-order chi connectivity index (χ0) is 13.0. The van der Waals surface area contributed by atoms with Gasteiger partial charge in [0, 0.05) is 18.7 Å². The minimum absolute atomic E-state index is 0.0311. The predicted molar refractivity (Wildman–Crippen MR) is 75.0 cm³/mol. The molecule has 2 heteroatoms. The van der Waals surface area contributed by atoms with Crippen LogP contribution in [-0.2, 0) is 4.79 Å². The highest BCUT2D eigenvalue weighted by Crippen LogP contribution is 2.22. The lowest BCUT2D eigenvalue weighted by Gasteiger charge is -2.27. The second-order valence-electron chi connectivity index (χ2n) is 4.68. The van der Waals surface area contributed by atoms with E-state index in [0.29, 0.717) is 5.57 Å². The van der Waals surface area contributed by atoms with Gasteiger partial charge in [0.1, 0.15) is 0 Å². The number of nitrogens with zero attached hydrogens (tertiary/aromatic N) is 1. The van der Waals surface area contributed by atoms with Gasteiger partial charge >= 0.3 is 0 Å². The van der Waals surface area contributed by atoms with Crippen LogP contribution < -0.4 is 0 Å². The molecule has 1 aromatic rings. The van der Waals surface area contributed by atoms with Crippen LogP contribution in [0.5, 0.6) is 0 Å². The van der Waals surface area contributed by atoms with Gasteiger partial charge in [0.05, 0.1) is 0 Å². The molecule has 1 heterocycles. The molecule has 0 spiro atoms. The van der Waals surface area contributed by atoms with Gasteiger partial charge in [0.2, 0.25) is 0 Å². The number of likely N-dealkylation sites (tertiary alicyclic amines) is 1. The van der Waals surface area contributed by atoms with Gasteiger partial charge in [0.15, 0.2) is 0 Å². The maximum absolute atomic E-state index is 12.3. The fourth-order valence-corrected chi connectivity index (χ4v) is 2.23. The predicted octanol–water partition coefficient (Wildman–Crippen LogP) is 3.27. The molecule has 2 nitrogen and oxygen atoms in total. The van der Waals surface area contributed by atoms with Gasteiger partial charge in [-0.3, -0.25) is 4.79 Å². The third-order valence-corrected chi connectivity index (χ3v) is 3.39. The average Bonchev–Trinajstić information content (AvgIpc) is 2.47. The van der Waals surface area contributed by atoms with Crippen molar-refractivity contribution in [1.29, 1.82) is 0 Å². The molecule has 0 aliphatic carbocycles. The number of carbonyl (C=O) groups excluding carboxylic acids is 1. The van der Waals surface area contributed by atoms with Gasteiger partial charge in [0.25, 0.3) is 5.91 Å². The molecule has 0 radical (unpaired) electrons. The van der Waals surface area contributed by atoms with Crippen molar-refractivity contribution in [2.75, 3.05) is 13.1 Å². The summed E-state index contributed by atoms with van der Waals surface area (Å²) in [4.78, 5) is 14.2. The zero-order valence-corrected chi connectivity index (χ0v) is 10.7. The van der Waals surface area contributed by atoms with Crippen LogP contribution in [-0.4, -0.2) is 23.9 Å². The van der Waals surface area contributed by atoms with Crippen LogP contribution in [0.3, 0.4) is 0 Å². The van der Waals surface area contributed by atoms with E-state index in [4.69, 9.17) is 0 Å². The first-order valence-corrected chi connectivity index (χ1v) is 6.43. The smallest absolute Gasteiger partial charge is 0.253 e. The Morgan fingerprint density at radius 2 is 1.61 bits per heavy atom. The van der Waals surface area contributed by atoms with Crippen LogP contribution in [0.15, 0.2) is 49.1 Å². The molecule has 0 aromatic heterocycles. The average molecular weight is 241 g/mol. The van der Waals surface area contributed by atoms with Crippen molar-refractivity contribution < 1.29 is 4.79 Å². The summed E-state index contributed by atoms with van der Waals surface area (Å²) in [6, 6.07) is 9.75. The number of rotatable bonds is 3. The van der Waals surface area contributed by atoms with E-state index < -0.39 is 0 Å². The van der Waals surface area contributed by atoms with Gasteiger partial charge in [-0.25, -0.2) is 0 Å². The van der Waals surface area contributed by atoms with Crippen LogP contribution in [0.1, 0.15) is 24.8 Å². The molecular formula is C16H19NO. The highest BCUT2D eigenvalue weighted by Gasteiger charge is 2.20. The maximum Gasteiger partial charge on any atom is 0.253 e. The van der Waals surface area contributed by atoms with E-state index in [1.807, 2.05) is 35.2 Å². The lowest BCUT2D eigenvalue weighted by molar-refractivity contribution is -0.127. The molecule has 1 aromatic carbocycles. The van der Waals surface area contributed by atoms with Gasteiger partial charge < -0.3 is 4.90 Å². The molecule has 1 aliphatic rings. The number of carbonyl (C=O) groups is 1. The first kappa shape index (κ1) is 12.6. The molecule has 0 atom stereocenters. The molecule has 2 rings (SSSR count). The molecule has 94 valence electrons. The Morgan fingerprint density at radius 3 is 2.22 bits per heavy atom. The Kier molecular flexibility index (Phi) is 3.98. The number of piperidine rings is 1. The highest BCUT2D eigenvalue weighted by molar-refractivity contribution is 6.07. The second kappa shape index (κ2) is 5.67. The third-order valence-electron chi connectivity index (χ3n) is 3.39. The quantitative estimate of drug-likeness (QED) is 0.587. The molecule has 0 unspecified atom stereocenters. The van der Waals surface area contributed by atoms with Crippen molar-refractivity contribution in [1.82, 2.24) is 4.90 Å². The summed E-state index contributed by atoms with van der Waals surface area (Å²) < 4.78 is 0. The Hall–Kier alpha value is -1.83. The molecule has 18 heavy (non-hydrogen) atoms. The molecule has 1 saturated heterocycles. The Bertz CT molecular complexity index is 455. The highest BCUT2D eigenvalue weighted by atomic mass is 16.2. The first-order chi connectivity index (χ1) is 8.70. The molecular weight excluding hydrogens is 222 g/mol. The topological polar surface area (TPSA) is 20.3 Å². The SMILES string of the molecule is C=C(C(=C)c1ccccc1)C(=O)N1CCCCC1. The van der Waals surface area contributed by atoms with E-state index in [-0.39, 0.29) is 5.91 Å². The summed E-state index contributed by atoms with van der Waals surface area (Å²) in [7, 11) is 0. The number of amides is 1. The number of benzene rings is 1. The van der Waals surface area contributed by atoms with E-state index in [1.165, 1.54) is 6.42 Å². The van der Waals surface area contributed by atoms with E-state index in [0.717, 1.165) is 37.1 Å². The number of hydrogen-bond acceptors (Lipinski definition) is 1. The van der Waals surface area contributed by atoms with Crippen molar-refractivity contribution in [3.8, 4) is 0 Å². The normalized spacial score (nSPS) is 15.2. The third kappa shape index (κ3) is 2.70. The van der Waals surface area contributed by atoms with Crippen LogP contribution in [0.25, 0.3) is 5.57 Å². The van der Waals surface area contributed by atoms with Crippen LogP contribution in [0.2, 0.25) is 0 Å². The first-order valence-electron chi connectivity index (χ1n) is 6.43. The number of hydrogen-bond donors (Lipinski definition) is 0. The summed E-state index contributed by atoms with van der Waals surface area (Å²) in [6.45, 7) is 9.60. The standard InChI is InChI=1S/C16H19NO/c1-13(15-9-5-3-6-10-15)14(2)16(18)17-11-7-4-8-12-17/h3,5-6,9-10H,1-2,4,7-8,11-12H2. The summed E-state index contributed by atoms with van der Waals surface area (Å²) in [5.41, 5.74) is 2.21. The Morgan fingerprint density at radius 1 is 1.00 bits per heavy atom. The van der Waals surface area contributed by atoms with Crippen LogP contribution in [0, 0.1) is 0 Å². The van der Waals surface area contributed by atoms with Gasteiger partial charge in [-0.2, -0.15) is 0 Å². The molecule has 0 saturated carbocycles. The zero-order valence-electron chi connectivity index (χ0n) is 10.7. The fourth-order valence-electron chi connectivity index (χ4n) is 2.23. The molecule has 0 N–H and O–H groups in total. The van der Waals surface area contributed by atoms with E-state index in [9.17, 15) is 4.79 Å². The lowest BCUT2D eigenvalue weighted by Crippen LogP contribution is -2.36. The van der Waals surface area contributed by atoms with Gasteiger partial charge in [-0.15, -0.1) is 0 Å². The molecule has 0 bridgehead atoms. The Balaban J connectivity index is 2.07. The summed E-state index contributed by atoms with van der Waals surface area (Å²) >= 11 is 0. The van der Waals surface area contributed by atoms with Gasteiger partial charge in [-0.1, -0.05) is 43.5 Å². The van der Waals surface area contributed by atoms with Crippen molar-refractivity contribution in [3.05, 3.63) is 54.6 Å². The molecule has 1 fully saturated rings. The summed E-state index contributed by atoms with van der Waals surface area (Å²) in [5, 5.41) is 0. The fraction of sp³-hybridized carbons (Fsp3) is 0.312. The second-order valence-corrected chi connectivity index (χ2v) is 4.68. The van der Waals surface area contributed by atoms with Gasteiger partial charge in [-0.05, 0) is 30.4 Å². The summed E-state index contributed by atoms with van der Waals surface area (Å²) in [6.07, 6.45) is 3.41. The van der Waals surface area contributed by atoms with Crippen LogP contribution in [0.4, 0.5) is 0 Å². The van der Waals surface area contributed by atoms with Crippen molar-refractivity contribution in [2.24, 2.45) is 0 Å². The Labute approximate surface area is 109 Å². The maximum atomic E-state index is 12.3. The van der Waals surface area contributed by atoms with E-state index in [1.54, 1.807) is 0 Å². The largest absolute Gasteiger partial charge is 0.339 e. The minimum Gasteiger partial charge on any atom is -0.339 e. The van der Waals surface area contributed by atoms with Crippen molar-refractivity contribution in [2.45, 2.75) is 19.3 Å². The summed E-state index contributed by atoms with van der Waals surface area (Å²) in [5.74, 6) is 0.0311. The van der Waals surface area contributed by atoms with Crippen molar-refractivity contribution >= 4 is 11.5 Å². The monoisotopic (exact) mass is 241 g/mol. The lowest BCUT2D eigenvalue weighted by atomic mass is 9.99. The van der Waals surface area contributed by atoms with E-state index in [2.05, 4.69) is 13.2 Å².